The Morgan fingerprint density at radius 2 is 2.03 bits per heavy atom. The molecule has 1 saturated heterocycles. The van der Waals surface area contributed by atoms with Gasteiger partial charge in [0.05, 0.1) is 28.9 Å². The lowest BCUT2D eigenvalue weighted by atomic mass is 9.98. The van der Waals surface area contributed by atoms with Gasteiger partial charge < -0.3 is 0 Å². The molecular weight excluding hydrogens is 486 g/mol. The Labute approximate surface area is 188 Å². The summed E-state index contributed by atoms with van der Waals surface area (Å²) in [7, 11) is -3.32. The van der Waals surface area contributed by atoms with Crippen LogP contribution in [0, 0.1) is 5.92 Å². The van der Waals surface area contributed by atoms with Crippen molar-refractivity contribution in [3.63, 3.8) is 0 Å². The van der Waals surface area contributed by atoms with Crippen LogP contribution in [-0.2, 0) is 21.4 Å². The van der Waals surface area contributed by atoms with Gasteiger partial charge in [0.15, 0.2) is 5.13 Å². The van der Waals surface area contributed by atoms with Gasteiger partial charge in [0.1, 0.15) is 0 Å². The largest absolute Gasteiger partial charge is 0.283 e. The van der Waals surface area contributed by atoms with Crippen molar-refractivity contribution in [3.05, 3.63) is 58.6 Å². The zero-order chi connectivity index (χ0) is 21.3. The minimum atomic E-state index is -3.32. The Balaban J connectivity index is 1.68. The van der Waals surface area contributed by atoms with E-state index in [2.05, 4.69) is 15.9 Å². The Morgan fingerprint density at radius 3 is 2.77 bits per heavy atom. The molecule has 1 amide bonds. The van der Waals surface area contributed by atoms with E-state index in [1.54, 1.807) is 4.90 Å². The summed E-state index contributed by atoms with van der Waals surface area (Å²) >= 11 is 4.95. The summed E-state index contributed by atoms with van der Waals surface area (Å²) in [6.07, 6.45) is 2.55. The van der Waals surface area contributed by atoms with Gasteiger partial charge >= 0.3 is 0 Å². The third-order valence-corrected chi connectivity index (χ3v) is 8.03. The molecule has 1 atom stereocenters. The van der Waals surface area contributed by atoms with Crippen LogP contribution in [-0.4, -0.2) is 43.0 Å². The molecule has 0 bridgehead atoms. The SMILES string of the molecule is CS(=O)(=O)N1CCCC(C(=O)N(Cc2ccccc2)c2nc3ccc(Br)cc3s2)C1. The van der Waals surface area contributed by atoms with Crippen LogP contribution in [0.25, 0.3) is 10.2 Å². The number of carbonyl (C=O) groups excluding carboxylic acids is 1. The number of halogens is 1. The highest BCUT2D eigenvalue weighted by molar-refractivity contribution is 9.10. The zero-order valence-corrected chi connectivity index (χ0v) is 19.7. The highest BCUT2D eigenvalue weighted by Gasteiger charge is 2.34. The number of hydrogen-bond acceptors (Lipinski definition) is 5. The minimum Gasteiger partial charge on any atom is -0.283 e. The number of thiazole rings is 1. The first-order valence-electron chi connectivity index (χ1n) is 9.68. The fraction of sp³-hybridized carbons (Fsp3) is 0.333. The Bertz CT molecular complexity index is 1160. The summed E-state index contributed by atoms with van der Waals surface area (Å²) in [5, 5.41) is 0.633. The van der Waals surface area contributed by atoms with Crippen molar-refractivity contribution in [2.24, 2.45) is 5.92 Å². The van der Waals surface area contributed by atoms with E-state index in [1.165, 1.54) is 21.9 Å². The van der Waals surface area contributed by atoms with Gasteiger partial charge in [-0.05, 0) is 36.6 Å². The summed E-state index contributed by atoms with van der Waals surface area (Å²) in [6.45, 7) is 1.09. The first-order valence-corrected chi connectivity index (χ1v) is 13.1. The number of nitrogens with zero attached hydrogens (tertiary/aromatic N) is 3. The summed E-state index contributed by atoms with van der Waals surface area (Å²) in [6, 6.07) is 15.6. The minimum absolute atomic E-state index is 0.0784. The maximum Gasteiger partial charge on any atom is 0.233 e. The highest BCUT2D eigenvalue weighted by atomic mass is 79.9. The molecule has 9 heteroatoms. The van der Waals surface area contributed by atoms with Crippen molar-refractivity contribution >= 4 is 58.5 Å². The maximum absolute atomic E-state index is 13.6. The number of anilines is 1. The number of fused-ring (bicyclic) bond motifs is 1. The summed E-state index contributed by atoms with van der Waals surface area (Å²) < 4.78 is 27.4. The molecule has 6 nitrogen and oxygen atoms in total. The molecule has 0 aliphatic carbocycles. The Morgan fingerprint density at radius 1 is 1.27 bits per heavy atom. The zero-order valence-electron chi connectivity index (χ0n) is 16.5. The molecule has 2 heterocycles. The molecule has 0 radical (unpaired) electrons. The molecule has 3 aromatic rings. The summed E-state index contributed by atoms with van der Waals surface area (Å²) in [4.78, 5) is 20.0. The van der Waals surface area contributed by atoms with E-state index in [0.29, 0.717) is 31.1 Å². The second-order valence-corrected chi connectivity index (χ2v) is 11.4. The predicted molar refractivity (Wildman–Crippen MR) is 124 cm³/mol. The Kier molecular flexibility index (Phi) is 6.24. The third kappa shape index (κ3) is 4.74. The second-order valence-electron chi connectivity index (χ2n) is 7.48. The molecule has 2 aromatic carbocycles. The fourth-order valence-electron chi connectivity index (χ4n) is 3.67. The van der Waals surface area contributed by atoms with E-state index in [0.717, 1.165) is 20.3 Å². The number of amides is 1. The molecule has 1 aliphatic heterocycles. The number of aromatic nitrogens is 1. The monoisotopic (exact) mass is 507 g/mol. The van der Waals surface area contributed by atoms with Crippen LogP contribution in [0.5, 0.6) is 0 Å². The second kappa shape index (κ2) is 8.74. The number of rotatable bonds is 5. The van der Waals surface area contributed by atoms with Crippen LogP contribution in [0.15, 0.2) is 53.0 Å². The van der Waals surface area contributed by atoms with Crippen molar-refractivity contribution in [3.8, 4) is 0 Å². The average Bonchev–Trinajstić information content (AvgIpc) is 3.14. The maximum atomic E-state index is 13.6. The van der Waals surface area contributed by atoms with E-state index in [4.69, 9.17) is 4.98 Å². The lowest BCUT2D eigenvalue weighted by Gasteiger charge is -2.33. The van der Waals surface area contributed by atoms with Crippen LogP contribution >= 0.6 is 27.3 Å². The van der Waals surface area contributed by atoms with Crippen LogP contribution < -0.4 is 4.90 Å². The van der Waals surface area contributed by atoms with E-state index < -0.39 is 10.0 Å². The van der Waals surface area contributed by atoms with Gasteiger partial charge in [-0.15, -0.1) is 0 Å². The van der Waals surface area contributed by atoms with E-state index in [9.17, 15) is 13.2 Å². The Hall–Kier alpha value is -1.81. The van der Waals surface area contributed by atoms with E-state index in [1.807, 2.05) is 48.5 Å². The van der Waals surface area contributed by atoms with Crippen LogP contribution in [0.3, 0.4) is 0 Å². The molecule has 1 aliphatic rings. The predicted octanol–water partition coefficient (Wildman–Crippen LogP) is 4.26. The normalized spacial score (nSPS) is 17.9. The highest BCUT2D eigenvalue weighted by Crippen LogP contribution is 2.33. The summed E-state index contributed by atoms with van der Waals surface area (Å²) in [5.41, 5.74) is 1.84. The van der Waals surface area contributed by atoms with E-state index in [-0.39, 0.29) is 18.4 Å². The van der Waals surface area contributed by atoms with Crippen molar-refractivity contribution in [1.82, 2.24) is 9.29 Å². The lowest BCUT2D eigenvalue weighted by Crippen LogP contribution is -2.46. The van der Waals surface area contributed by atoms with Crippen molar-refractivity contribution in [2.75, 3.05) is 24.2 Å². The average molecular weight is 508 g/mol. The van der Waals surface area contributed by atoms with Gasteiger partial charge in [0, 0.05) is 17.6 Å². The van der Waals surface area contributed by atoms with Crippen molar-refractivity contribution in [2.45, 2.75) is 19.4 Å². The number of carbonyl (C=O) groups is 1. The molecule has 0 spiro atoms. The van der Waals surface area contributed by atoms with Crippen molar-refractivity contribution in [1.29, 1.82) is 0 Å². The van der Waals surface area contributed by atoms with Crippen LogP contribution in [0.4, 0.5) is 5.13 Å². The lowest BCUT2D eigenvalue weighted by molar-refractivity contribution is -0.123. The standard InChI is InChI=1S/C21H22BrN3O3S2/c1-30(27,28)24-11-5-8-16(14-24)20(26)25(13-15-6-3-2-4-7-15)21-23-18-10-9-17(22)12-19(18)29-21/h2-4,6-7,9-10,12,16H,5,8,11,13-14H2,1H3. The third-order valence-electron chi connectivity index (χ3n) is 5.22. The molecule has 0 saturated carbocycles. The first kappa shape index (κ1) is 21.4. The van der Waals surface area contributed by atoms with Gasteiger partial charge in [0.25, 0.3) is 0 Å². The number of hydrogen-bond donors (Lipinski definition) is 0. The fourth-order valence-corrected chi connectivity index (χ4v) is 6.11. The smallest absolute Gasteiger partial charge is 0.233 e. The number of sulfonamides is 1. The van der Waals surface area contributed by atoms with Gasteiger partial charge in [-0.3, -0.25) is 9.69 Å². The molecular formula is C21H22BrN3O3S2. The topological polar surface area (TPSA) is 70.6 Å². The molecule has 158 valence electrons. The molecule has 30 heavy (non-hydrogen) atoms. The van der Waals surface area contributed by atoms with E-state index >= 15 is 0 Å². The van der Waals surface area contributed by atoms with Gasteiger partial charge in [-0.1, -0.05) is 57.6 Å². The first-order chi connectivity index (χ1) is 14.3. The molecule has 0 N–H and O–H groups in total. The van der Waals surface area contributed by atoms with Crippen LogP contribution in [0.2, 0.25) is 0 Å². The molecule has 4 rings (SSSR count). The summed E-state index contributed by atoms with van der Waals surface area (Å²) in [5.74, 6) is -0.457. The van der Waals surface area contributed by atoms with Crippen molar-refractivity contribution < 1.29 is 13.2 Å². The van der Waals surface area contributed by atoms with Crippen LogP contribution in [0.1, 0.15) is 18.4 Å². The number of piperidine rings is 1. The molecule has 1 aromatic heterocycles. The molecule has 1 unspecified atom stereocenters. The quantitative estimate of drug-likeness (QED) is 0.517. The van der Waals surface area contributed by atoms with Gasteiger partial charge in [-0.25, -0.2) is 17.7 Å². The number of benzene rings is 2. The van der Waals surface area contributed by atoms with Gasteiger partial charge in [-0.2, -0.15) is 0 Å². The van der Waals surface area contributed by atoms with Gasteiger partial charge in [0.2, 0.25) is 15.9 Å². The molecule has 1 fully saturated rings.